The minimum absolute atomic E-state index is 0.0198. The number of alkyl halides is 2. The third-order valence-corrected chi connectivity index (χ3v) is 6.96. The van der Waals surface area contributed by atoms with Gasteiger partial charge in [-0.15, -0.1) is 23.2 Å². The monoisotopic (exact) mass is 350 g/mol. The van der Waals surface area contributed by atoms with Crippen LogP contribution in [0.5, 0.6) is 0 Å². The molecular weight excluding hydrogens is 330 g/mol. The molecule has 0 unspecified atom stereocenters. The SMILES string of the molecule is C[C@H]1[C@@H](c2ccccc2)O[P@@](=O)(N(CCCl)CCCl)N1C. The first-order chi connectivity index (χ1) is 10.0. The van der Waals surface area contributed by atoms with Crippen molar-refractivity contribution >= 4 is 30.9 Å². The topological polar surface area (TPSA) is 32.8 Å². The summed E-state index contributed by atoms with van der Waals surface area (Å²) in [4.78, 5) is 0. The Kier molecular flexibility index (Phi) is 6.13. The highest BCUT2D eigenvalue weighted by Gasteiger charge is 2.50. The van der Waals surface area contributed by atoms with Gasteiger partial charge >= 0.3 is 7.67 Å². The van der Waals surface area contributed by atoms with Crippen LogP contribution in [0.2, 0.25) is 0 Å². The summed E-state index contributed by atoms with van der Waals surface area (Å²) >= 11 is 11.7. The number of likely N-dealkylation sites (N-methyl/N-ethyl adjacent to an activating group) is 1. The molecule has 1 aliphatic heterocycles. The third kappa shape index (κ3) is 3.47. The Labute approximate surface area is 136 Å². The third-order valence-electron chi connectivity index (χ3n) is 3.85. The van der Waals surface area contributed by atoms with Crippen LogP contribution < -0.4 is 0 Å². The summed E-state index contributed by atoms with van der Waals surface area (Å²) in [5, 5.41) is 0. The summed E-state index contributed by atoms with van der Waals surface area (Å²) in [6.07, 6.45) is -0.213. The summed E-state index contributed by atoms with van der Waals surface area (Å²) < 4.78 is 22.9. The molecule has 7 heteroatoms. The van der Waals surface area contributed by atoms with Gasteiger partial charge in [0.2, 0.25) is 0 Å². The van der Waals surface area contributed by atoms with Gasteiger partial charge in [0.05, 0.1) is 0 Å². The van der Waals surface area contributed by atoms with Crippen molar-refractivity contribution in [1.29, 1.82) is 0 Å². The molecule has 2 rings (SSSR count). The molecule has 0 radical (unpaired) electrons. The van der Waals surface area contributed by atoms with Crippen molar-refractivity contribution in [3.05, 3.63) is 35.9 Å². The molecule has 0 amide bonds. The zero-order valence-electron chi connectivity index (χ0n) is 12.3. The minimum Gasteiger partial charge on any atom is -0.296 e. The van der Waals surface area contributed by atoms with E-state index in [2.05, 4.69) is 0 Å². The van der Waals surface area contributed by atoms with E-state index in [0.717, 1.165) is 5.56 Å². The molecular formula is C14H21Cl2N2O2P. The Balaban J connectivity index is 2.27. The van der Waals surface area contributed by atoms with E-state index in [1.807, 2.05) is 49.0 Å². The lowest BCUT2D eigenvalue weighted by Crippen LogP contribution is -2.32. The quantitative estimate of drug-likeness (QED) is 0.574. The van der Waals surface area contributed by atoms with E-state index < -0.39 is 7.67 Å². The van der Waals surface area contributed by atoms with Crippen LogP contribution in [-0.2, 0) is 9.09 Å². The molecule has 0 aromatic heterocycles. The lowest BCUT2D eigenvalue weighted by molar-refractivity contribution is 0.198. The van der Waals surface area contributed by atoms with Gasteiger partial charge in [-0.2, -0.15) is 0 Å². The lowest BCUT2D eigenvalue weighted by Gasteiger charge is -2.30. The average molecular weight is 351 g/mol. The highest BCUT2D eigenvalue weighted by atomic mass is 35.5. The van der Waals surface area contributed by atoms with E-state index in [0.29, 0.717) is 24.8 Å². The van der Waals surface area contributed by atoms with Gasteiger partial charge in [-0.3, -0.25) is 9.09 Å². The minimum atomic E-state index is -3.08. The second kappa shape index (κ2) is 7.45. The molecule has 0 spiro atoms. The number of nitrogens with zero attached hydrogens (tertiary/aromatic N) is 2. The maximum atomic E-state index is 13.3. The number of benzene rings is 1. The smallest absolute Gasteiger partial charge is 0.296 e. The normalized spacial score (nSPS) is 30.1. The Morgan fingerprint density at radius 2 is 1.81 bits per heavy atom. The van der Waals surface area contributed by atoms with Gasteiger partial charge in [0.1, 0.15) is 6.10 Å². The first-order valence-corrected chi connectivity index (χ1v) is 9.58. The van der Waals surface area contributed by atoms with Crippen molar-refractivity contribution in [3.63, 3.8) is 0 Å². The van der Waals surface area contributed by atoms with Gasteiger partial charge in [-0.25, -0.2) is 9.34 Å². The number of rotatable bonds is 6. The molecule has 0 aliphatic carbocycles. The Morgan fingerprint density at radius 1 is 1.24 bits per heavy atom. The number of halogens is 2. The van der Waals surface area contributed by atoms with Gasteiger partial charge in [-0.05, 0) is 19.5 Å². The van der Waals surface area contributed by atoms with E-state index in [9.17, 15) is 4.57 Å². The highest BCUT2D eigenvalue weighted by molar-refractivity contribution is 7.54. The highest BCUT2D eigenvalue weighted by Crippen LogP contribution is 2.64. The van der Waals surface area contributed by atoms with Crippen LogP contribution in [0.1, 0.15) is 18.6 Å². The van der Waals surface area contributed by atoms with E-state index in [4.69, 9.17) is 27.7 Å². The Hall–Kier alpha value is -0.0900. The zero-order valence-corrected chi connectivity index (χ0v) is 14.7. The molecule has 3 atom stereocenters. The van der Waals surface area contributed by atoms with Gasteiger partial charge in [0.25, 0.3) is 0 Å². The molecule has 0 N–H and O–H groups in total. The molecule has 1 aromatic carbocycles. The van der Waals surface area contributed by atoms with E-state index in [-0.39, 0.29) is 12.1 Å². The summed E-state index contributed by atoms with van der Waals surface area (Å²) in [5.74, 6) is 0.783. The van der Waals surface area contributed by atoms with Crippen molar-refractivity contribution in [1.82, 2.24) is 9.34 Å². The standard InChI is InChI=1S/C14H21Cl2N2O2P/c1-12-14(13-6-4-3-5-7-13)20-21(19,17(12)2)18(10-8-15)11-9-16/h3-7,12,14H,8-11H2,1-2H3/t12-,14-,21+/m0/s1. The van der Waals surface area contributed by atoms with Crippen LogP contribution in [0, 0.1) is 0 Å². The molecule has 0 bridgehead atoms. The zero-order chi connectivity index (χ0) is 15.5. The largest absolute Gasteiger partial charge is 0.346 e. The van der Waals surface area contributed by atoms with Crippen molar-refractivity contribution in [3.8, 4) is 0 Å². The van der Waals surface area contributed by atoms with Crippen LogP contribution >= 0.6 is 30.9 Å². The van der Waals surface area contributed by atoms with E-state index in [1.165, 1.54) is 0 Å². The van der Waals surface area contributed by atoms with E-state index >= 15 is 0 Å². The van der Waals surface area contributed by atoms with Crippen LogP contribution in [-0.4, -0.2) is 47.3 Å². The van der Waals surface area contributed by atoms with Crippen molar-refractivity contribution < 1.29 is 9.09 Å². The average Bonchev–Trinajstić information content (AvgIpc) is 2.73. The van der Waals surface area contributed by atoms with Crippen LogP contribution in [0.25, 0.3) is 0 Å². The fourth-order valence-corrected chi connectivity index (χ4v) is 5.75. The first-order valence-electron chi connectivity index (χ1n) is 6.98. The fourth-order valence-electron chi connectivity index (χ4n) is 2.54. The Morgan fingerprint density at radius 3 is 2.33 bits per heavy atom. The molecule has 1 saturated heterocycles. The summed E-state index contributed by atoms with van der Waals surface area (Å²) in [7, 11) is -1.25. The van der Waals surface area contributed by atoms with Gasteiger partial charge in [-0.1, -0.05) is 30.3 Å². The van der Waals surface area contributed by atoms with Gasteiger partial charge in [0, 0.05) is 30.9 Å². The van der Waals surface area contributed by atoms with Crippen LogP contribution in [0.3, 0.4) is 0 Å². The Bertz CT molecular complexity index is 497. The maximum absolute atomic E-state index is 13.3. The van der Waals surface area contributed by atoms with Gasteiger partial charge in [0.15, 0.2) is 0 Å². The second-order valence-corrected chi connectivity index (χ2v) is 8.22. The molecule has 1 aromatic rings. The molecule has 1 heterocycles. The fraction of sp³-hybridized carbons (Fsp3) is 0.571. The second-order valence-electron chi connectivity index (χ2n) is 5.07. The first kappa shape index (κ1) is 17.3. The summed E-state index contributed by atoms with van der Waals surface area (Å²) in [6, 6.07) is 9.90. The molecule has 0 saturated carbocycles. The van der Waals surface area contributed by atoms with Gasteiger partial charge < -0.3 is 0 Å². The molecule has 1 aliphatic rings. The lowest BCUT2D eigenvalue weighted by atomic mass is 10.0. The molecule has 1 fully saturated rings. The molecule has 4 nitrogen and oxygen atoms in total. The summed E-state index contributed by atoms with van der Waals surface area (Å²) in [6.45, 7) is 3.01. The van der Waals surface area contributed by atoms with Crippen molar-refractivity contribution in [2.75, 3.05) is 31.9 Å². The predicted molar refractivity (Wildman–Crippen MR) is 88.1 cm³/mol. The van der Waals surface area contributed by atoms with Crippen LogP contribution in [0.4, 0.5) is 0 Å². The van der Waals surface area contributed by atoms with E-state index in [1.54, 1.807) is 4.67 Å². The molecule has 118 valence electrons. The predicted octanol–water partition coefficient (Wildman–Crippen LogP) is 3.97. The number of hydrogen-bond donors (Lipinski definition) is 0. The van der Waals surface area contributed by atoms with Crippen LogP contribution in [0.15, 0.2) is 30.3 Å². The number of hydrogen-bond acceptors (Lipinski definition) is 2. The summed E-state index contributed by atoms with van der Waals surface area (Å²) in [5.41, 5.74) is 1.03. The molecule has 21 heavy (non-hydrogen) atoms. The van der Waals surface area contributed by atoms with Crippen molar-refractivity contribution in [2.24, 2.45) is 0 Å². The maximum Gasteiger partial charge on any atom is 0.346 e. The van der Waals surface area contributed by atoms with Crippen molar-refractivity contribution in [2.45, 2.75) is 19.1 Å².